The van der Waals surface area contributed by atoms with E-state index in [9.17, 15) is 18.0 Å². The van der Waals surface area contributed by atoms with Gasteiger partial charge in [0, 0.05) is 10.6 Å². The fourth-order valence-corrected chi connectivity index (χ4v) is 4.58. The molecule has 0 spiro atoms. The van der Waals surface area contributed by atoms with Crippen molar-refractivity contribution in [1.82, 2.24) is 9.55 Å². The van der Waals surface area contributed by atoms with E-state index < -0.39 is 11.7 Å². The van der Waals surface area contributed by atoms with Gasteiger partial charge in [-0.25, -0.2) is 4.98 Å². The molecular formula is C21H15F3N2OS2. The summed E-state index contributed by atoms with van der Waals surface area (Å²) in [6.07, 6.45) is -4.39. The Morgan fingerprint density at radius 3 is 2.62 bits per heavy atom. The highest BCUT2D eigenvalue weighted by molar-refractivity contribution is 7.98. The van der Waals surface area contributed by atoms with Gasteiger partial charge in [-0.3, -0.25) is 9.36 Å². The molecule has 0 aliphatic carbocycles. The highest BCUT2D eigenvalue weighted by Gasteiger charge is 2.30. The zero-order valence-electron chi connectivity index (χ0n) is 15.0. The van der Waals surface area contributed by atoms with Crippen LogP contribution in [0.25, 0.3) is 10.9 Å². The van der Waals surface area contributed by atoms with Gasteiger partial charge in [0.25, 0.3) is 5.56 Å². The molecule has 29 heavy (non-hydrogen) atoms. The van der Waals surface area contributed by atoms with Crippen LogP contribution >= 0.6 is 23.1 Å². The molecule has 0 unspecified atom stereocenters. The molecule has 0 N–H and O–H groups in total. The molecule has 0 bridgehead atoms. The average molecular weight is 432 g/mol. The molecule has 2 heterocycles. The molecule has 0 saturated carbocycles. The van der Waals surface area contributed by atoms with Crippen molar-refractivity contribution >= 4 is 34.0 Å². The number of alkyl halides is 3. The summed E-state index contributed by atoms with van der Waals surface area (Å²) in [7, 11) is 0. The summed E-state index contributed by atoms with van der Waals surface area (Å²) >= 11 is 2.80. The molecule has 0 atom stereocenters. The largest absolute Gasteiger partial charge is 0.416 e. The van der Waals surface area contributed by atoms with Crippen molar-refractivity contribution in [3.8, 4) is 0 Å². The van der Waals surface area contributed by atoms with Crippen molar-refractivity contribution in [2.24, 2.45) is 0 Å². The summed E-state index contributed by atoms with van der Waals surface area (Å²) in [4.78, 5) is 18.7. The zero-order valence-corrected chi connectivity index (χ0v) is 16.7. The van der Waals surface area contributed by atoms with Crippen molar-refractivity contribution in [1.29, 1.82) is 0 Å². The van der Waals surface area contributed by atoms with Gasteiger partial charge in [0.1, 0.15) is 0 Å². The Bertz CT molecular complexity index is 1200. The number of halogens is 3. The lowest BCUT2D eigenvalue weighted by Gasteiger charge is -2.13. The van der Waals surface area contributed by atoms with Crippen LogP contribution in [0.1, 0.15) is 16.0 Å². The molecule has 2 aromatic heterocycles. The van der Waals surface area contributed by atoms with Crippen molar-refractivity contribution in [2.75, 3.05) is 0 Å². The molecule has 4 aromatic rings. The second-order valence-corrected chi connectivity index (χ2v) is 8.34. The standard InChI is InChI=1S/C21H15F3N2OS2/c22-21(23,24)15-6-3-5-14(11-15)13-29-20-25-18-9-2-1-8-17(18)19(27)26(20)12-16-7-4-10-28-16/h1-11H,12-13H2. The number of fused-ring (bicyclic) bond motifs is 1. The second kappa shape index (κ2) is 8.04. The van der Waals surface area contributed by atoms with Gasteiger partial charge >= 0.3 is 6.18 Å². The smallest absolute Gasteiger partial charge is 0.282 e. The molecule has 148 valence electrons. The Morgan fingerprint density at radius 1 is 1.03 bits per heavy atom. The van der Waals surface area contributed by atoms with Gasteiger partial charge < -0.3 is 0 Å². The third kappa shape index (κ3) is 4.38. The predicted molar refractivity (Wildman–Crippen MR) is 110 cm³/mol. The van der Waals surface area contributed by atoms with Crippen LogP contribution in [0.15, 0.2) is 76.0 Å². The van der Waals surface area contributed by atoms with Gasteiger partial charge in [0.15, 0.2) is 5.16 Å². The molecular weight excluding hydrogens is 417 g/mol. The topological polar surface area (TPSA) is 34.9 Å². The van der Waals surface area contributed by atoms with Gasteiger partial charge in [0.2, 0.25) is 0 Å². The summed E-state index contributed by atoms with van der Waals surface area (Å²) in [5, 5.41) is 2.94. The van der Waals surface area contributed by atoms with Crippen LogP contribution in [0, 0.1) is 0 Å². The van der Waals surface area contributed by atoms with Crippen molar-refractivity contribution < 1.29 is 13.2 Å². The van der Waals surface area contributed by atoms with Crippen molar-refractivity contribution in [2.45, 2.75) is 23.6 Å². The fraction of sp³-hybridized carbons (Fsp3) is 0.143. The van der Waals surface area contributed by atoms with Crippen molar-refractivity contribution in [3.63, 3.8) is 0 Å². The molecule has 0 aliphatic heterocycles. The van der Waals surface area contributed by atoms with Gasteiger partial charge in [-0.1, -0.05) is 48.2 Å². The first-order valence-corrected chi connectivity index (χ1v) is 10.6. The van der Waals surface area contributed by atoms with Gasteiger partial charge in [-0.15, -0.1) is 11.3 Å². The number of thiophene rings is 1. The lowest BCUT2D eigenvalue weighted by Crippen LogP contribution is -2.23. The first kappa shape index (κ1) is 19.7. The van der Waals surface area contributed by atoms with E-state index in [4.69, 9.17) is 0 Å². The lowest BCUT2D eigenvalue weighted by atomic mass is 10.1. The molecule has 0 saturated heterocycles. The maximum atomic E-state index is 13.0. The number of rotatable bonds is 5. The Labute approximate surface area is 172 Å². The van der Waals surface area contributed by atoms with Gasteiger partial charge in [0.05, 0.1) is 23.0 Å². The maximum Gasteiger partial charge on any atom is 0.416 e. The minimum Gasteiger partial charge on any atom is -0.282 e. The minimum atomic E-state index is -4.39. The molecule has 0 fully saturated rings. The molecule has 4 rings (SSSR count). The summed E-state index contributed by atoms with van der Waals surface area (Å²) in [6, 6.07) is 16.2. The molecule has 3 nitrogen and oxygen atoms in total. The van der Waals surface area contributed by atoms with Crippen LogP contribution in [0.2, 0.25) is 0 Å². The number of nitrogens with zero attached hydrogens (tertiary/aromatic N) is 2. The minimum absolute atomic E-state index is 0.157. The van der Waals surface area contributed by atoms with Crippen LogP contribution in [-0.2, 0) is 18.5 Å². The van der Waals surface area contributed by atoms with Crippen LogP contribution in [0.3, 0.4) is 0 Å². The number of hydrogen-bond donors (Lipinski definition) is 0. The van der Waals surface area contributed by atoms with E-state index >= 15 is 0 Å². The maximum absolute atomic E-state index is 13.0. The van der Waals surface area contributed by atoms with Crippen LogP contribution in [0.4, 0.5) is 13.2 Å². The number of benzene rings is 2. The predicted octanol–water partition coefficient (Wildman–Crippen LogP) is 5.82. The van der Waals surface area contributed by atoms with Gasteiger partial charge in [-0.2, -0.15) is 13.2 Å². The molecule has 8 heteroatoms. The van der Waals surface area contributed by atoms with E-state index in [0.717, 1.165) is 17.0 Å². The number of hydrogen-bond acceptors (Lipinski definition) is 4. The summed E-state index contributed by atoms with van der Waals surface area (Å²) < 4.78 is 40.5. The number of thioether (sulfide) groups is 1. The van der Waals surface area contributed by atoms with E-state index in [0.29, 0.717) is 28.2 Å². The Hall–Kier alpha value is -2.58. The highest BCUT2D eigenvalue weighted by atomic mass is 32.2. The van der Waals surface area contributed by atoms with Crippen molar-refractivity contribution in [3.05, 3.63) is 92.4 Å². The zero-order chi connectivity index (χ0) is 20.4. The quantitative estimate of drug-likeness (QED) is 0.295. The summed E-state index contributed by atoms with van der Waals surface area (Å²) in [5.74, 6) is 0.277. The van der Waals surface area contributed by atoms with E-state index in [2.05, 4.69) is 4.98 Å². The molecule has 0 amide bonds. The average Bonchev–Trinajstić information content (AvgIpc) is 3.22. The molecule has 0 radical (unpaired) electrons. The van der Waals surface area contributed by atoms with E-state index in [1.807, 2.05) is 17.5 Å². The van der Waals surface area contributed by atoms with E-state index in [1.54, 1.807) is 34.9 Å². The Balaban J connectivity index is 1.70. The van der Waals surface area contributed by atoms with E-state index in [-0.39, 0.29) is 11.3 Å². The summed E-state index contributed by atoms with van der Waals surface area (Å²) in [6.45, 7) is 0.374. The molecule has 0 aliphatic rings. The lowest BCUT2D eigenvalue weighted by molar-refractivity contribution is -0.137. The second-order valence-electron chi connectivity index (χ2n) is 6.37. The summed E-state index contributed by atoms with van der Waals surface area (Å²) in [5.41, 5.74) is 0.259. The van der Waals surface area contributed by atoms with Crippen LogP contribution in [-0.4, -0.2) is 9.55 Å². The molecule has 2 aromatic carbocycles. The third-order valence-corrected chi connectivity index (χ3v) is 6.25. The first-order chi connectivity index (χ1) is 13.9. The number of para-hydroxylation sites is 1. The van der Waals surface area contributed by atoms with Crippen LogP contribution in [0.5, 0.6) is 0 Å². The fourth-order valence-electron chi connectivity index (χ4n) is 2.94. The monoisotopic (exact) mass is 432 g/mol. The third-order valence-electron chi connectivity index (χ3n) is 4.34. The first-order valence-electron chi connectivity index (χ1n) is 8.73. The van der Waals surface area contributed by atoms with Crippen LogP contribution < -0.4 is 5.56 Å². The Morgan fingerprint density at radius 2 is 1.86 bits per heavy atom. The normalized spacial score (nSPS) is 11.8. The van der Waals surface area contributed by atoms with Gasteiger partial charge in [-0.05, 0) is 35.2 Å². The number of aromatic nitrogens is 2. The Kier molecular flexibility index (Phi) is 5.47. The highest BCUT2D eigenvalue weighted by Crippen LogP contribution is 2.31. The van der Waals surface area contributed by atoms with E-state index in [1.165, 1.54) is 29.2 Å². The SMILES string of the molecule is O=c1c2ccccc2nc(SCc2cccc(C(F)(F)F)c2)n1Cc1cccs1.